The number of H-pyrrole nitrogens is 1. The third-order valence-corrected chi connectivity index (χ3v) is 6.44. The lowest BCUT2D eigenvalue weighted by molar-refractivity contribution is 0.122. The normalized spacial score (nSPS) is 14.6. The third-order valence-electron chi connectivity index (χ3n) is 5.33. The lowest BCUT2D eigenvalue weighted by Gasteiger charge is -2.28. The van der Waals surface area contributed by atoms with E-state index in [4.69, 9.17) is 4.74 Å². The van der Waals surface area contributed by atoms with Crippen LogP contribution in [0.4, 0.5) is 17.2 Å². The van der Waals surface area contributed by atoms with Gasteiger partial charge in [0.25, 0.3) is 0 Å². The van der Waals surface area contributed by atoms with Crippen LogP contribution in [0.1, 0.15) is 0 Å². The van der Waals surface area contributed by atoms with Gasteiger partial charge in [-0.3, -0.25) is 5.10 Å². The fourth-order valence-electron chi connectivity index (χ4n) is 3.64. The van der Waals surface area contributed by atoms with Crippen molar-refractivity contribution < 1.29 is 13.2 Å². The average Bonchev–Trinajstić information content (AvgIpc) is 3.29. The Morgan fingerprint density at radius 2 is 1.84 bits per heavy atom. The summed E-state index contributed by atoms with van der Waals surface area (Å²) in [6, 6.07) is 14.7. The maximum atomic E-state index is 12.0. The minimum Gasteiger partial charge on any atom is -0.378 e. The summed E-state index contributed by atoms with van der Waals surface area (Å²) in [5.41, 5.74) is 3.93. The van der Waals surface area contributed by atoms with Crippen molar-refractivity contribution in [2.24, 2.45) is 0 Å². The van der Waals surface area contributed by atoms with Gasteiger partial charge in [-0.1, -0.05) is 12.1 Å². The minimum atomic E-state index is -3.34. The Hall–Kier alpha value is -3.50. The van der Waals surface area contributed by atoms with Crippen molar-refractivity contribution in [3.8, 4) is 11.4 Å². The number of aromatic amines is 1. The van der Waals surface area contributed by atoms with E-state index >= 15 is 0 Å². The van der Waals surface area contributed by atoms with Crippen molar-refractivity contribution >= 4 is 38.1 Å². The highest BCUT2D eigenvalue weighted by molar-refractivity contribution is 7.90. The third kappa shape index (κ3) is 4.14. The van der Waals surface area contributed by atoms with E-state index in [-0.39, 0.29) is 4.90 Å². The number of nitrogens with zero attached hydrogens (tertiary/aromatic N) is 4. The lowest BCUT2D eigenvalue weighted by atomic mass is 10.2. The Balaban J connectivity index is 1.48. The van der Waals surface area contributed by atoms with E-state index in [1.54, 1.807) is 30.5 Å². The average molecular weight is 451 g/mol. The van der Waals surface area contributed by atoms with E-state index in [2.05, 4.69) is 42.5 Å². The second-order valence-electron chi connectivity index (χ2n) is 7.60. The number of nitrogens with one attached hydrogen (secondary N) is 2. The van der Waals surface area contributed by atoms with Crippen LogP contribution < -0.4 is 10.2 Å². The fraction of sp³-hybridized carbons (Fsp3) is 0.227. The molecule has 0 aliphatic carbocycles. The predicted octanol–water partition coefficient (Wildman–Crippen LogP) is 3.00. The monoisotopic (exact) mass is 450 g/mol. The molecular weight excluding hydrogens is 428 g/mol. The molecule has 0 saturated carbocycles. The second kappa shape index (κ2) is 8.21. The number of benzene rings is 2. The van der Waals surface area contributed by atoms with Crippen LogP contribution in [0.3, 0.4) is 0 Å². The number of aromatic nitrogens is 4. The quantitative estimate of drug-likeness (QED) is 0.477. The zero-order chi connectivity index (χ0) is 22.1. The predicted molar refractivity (Wildman–Crippen MR) is 123 cm³/mol. The molecule has 1 aliphatic rings. The molecule has 164 valence electrons. The number of morpholine rings is 1. The van der Waals surface area contributed by atoms with Crippen molar-refractivity contribution in [1.82, 2.24) is 20.2 Å². The molecule has 32 heavy (non-hydrogen) atoms. The van der Waals surface area contributed by atoms with Gasteiger partial charge < -0.3 is 15.0 Å². The van der Waals surface area contributed by atoms with E-state index < -0.39 is 9.84 Å². The van der Waals surface area contributed by atoms with Crippen LogP contribution in [0.15, 0.2) is 59.6 Å². The van der Waals surface area contributed by atoms with Gasteiger partial charge in [-0.25, -0.2) is 18.4 Å². The van der Waals surface area contributed by atoms with Gasteiger partial charge in [-0.2, -0.15) is 5.10 Å². The maximum Gasteiger partial charge on any atom is 0.175 e. The number of hydrogen-bond donors (Lipinski definition) is 2. The number of fused-ring (bicyclic) bond motifs is 1. The van der Waals surface area contributed by atoms with Crippen molar-refractivity contribution in [2.75, 3.05) is 42.8 Å². The summed E-state index contributed by atoms with van der Waals surface area (Å²) in [4.78, 5) is 11.7. The Bertz CT molecular complexity index is 1360. The summed E-state index contributed by atoms with van der Waals surface area (Å²) in [5, 5.41) is 10.4. The minimum absolute atomic E-state index is 0.221. The summed E-state index contributed by atoms with van der Waals surface area (Å²) >= 11 is 0. The molecule has 0 bridgehead atoms. The van der Waals surface area contributed by atoms with Crippen LogP contribution in [0.5, 0.6) is 0 Å². The van der Waals surface area contributed by atoms with Gasteiger partial charge in [-0.15, -0.1) is 0 Å². The molecule has 1 fully saturated rings. The SMILES string of the molecule is CS(=O)(=O)c1cccc(-c2nc(Nc3ccc(N4CCOCC4)cc3)c3[nH]ncc3n2)c1. The number of hydrogen-bond acceptors (Lipinski definition) is 8. The summed E-state index contributed by atoms with van der Waals surface area (Å²) in [6.07, 6.45) is 2.80. The van der Waals surface area contributed by atoms with Gasteiger partial charge in [0.1, 0.15) is 11.0 Å². The summed E-state index contributed by atoms with van der Waals surface area (Å²) in [5.74, 6) is 0.975. The molecule has 9 nitrogen and oxygen atoms in total. The van der Waals surface area contributed by atoms with Crippen LogP contribution in [0.2, 0.25) is 0 Å². The van der Waals surface area contributed by atoms with Crippen LogP contribution >= 0.6 is 0 Å². The van der Waals surface area contributed by atoms with Crippen molar-refractivity contribution in [3.05, 3.63) is 54.7 Å². The topological polar surface area (TPSA) is 113 Å². The van der Waals surface area contributed by atoms with E-state index in [1.165, 1.54) is 6.26 Å². The van der Waals surface area contributed by atoms with E-state index in [0.29, 0.717) is 28.2 Å². The summed E-state index contributed by atoms with van der Waals surface area (Å²) in [6.45, 7) is 3.23. The molecule has 4 aromatic rings. The number of anilines is 3. The van der Waals surface area contributed by atoms with Gasteiger partial charge in [0.15, 0.2) is 21.5 Å². The number of rotatable bonds is 5. The first-order valence-electron chi connectivity index (χ1n) is 10.2. The molecule has 0 amide bonds. The first-order chi connectivity index (χ1) is 15.5. The van der Waals surface area contributed by atoms with Crippen molar-refractivity contribution in [3.63, 3.8) is 0 Å². The zero-order valence-corrected chi connectivity index (χ0v) is 18.3. The first-order valence-corrected chi connectivity index (χ1v) is 12.1. The molecule has 5 rings (SSSR count). The van der Waals surface area contributed by atoms with E-state index in [0.717, 1.165) is 37.7 Å². The Morgan fingerprint density at radius 1 is 1.06 bits per heavy atom. The van der Waals surface area contributed by atoms with Crippen LogP contribution in [-0.2, 0) is 14.6 Å². The molecule has 1 aliphatic heterocycles. The molecule has 2 aromatic carbocycles. The lowest BCUT2D eigenvalue weighted by Crippen LogP contribution is -2.36. The van der Waals surface area contributed by atoms with Crippen LogP contribution in [0.25, 0.3) is 22.4 Å². The molecule has 0 spiro atoms. The zero-order valence-electron chi connectivity index (χ0n) is 17.4. The molecule has 1 saturated heterocycles. The highest BCUT2D eigenvalue weighted by Crippen LogP contribution is 2.28. The van der Waals surface area contributed by atoms with Crippen LogP contribution in [-0.4, -0.2) is 61.1 Å². The highest BCUT2D eigenvalue weighted by atomic mass is 32.2. The standard InChI is InChI=1S/C22H22N6O3S/c1-32(29,30)18-4-2-3-15(13-18)21-25-19-14-23-27-20(19)22(26-21)24-16-5-7-17(8-6-16)28-9-11-31-12-10-28/h2-8,13-14H,9-12H2,1H3,(H,23,27)(H,24,25,26). The molecule has 10 heteroatoms. The largest absolute Gasteiger partial charge is 0.378 e. The molecule has 0 atom stereocenters. The van der Waals surface area contributed by atoms with E-state index in [1.807, 2.05) is 12.1 Å². The van der Waals surface area contributed by atoms with E-state index in [9.17, 15) is 8.42 Å². The van der Waals surface area contributed by atoms with Crippen LogP contribution in [0, 0.1) is 0 Å². The molecule has 0 radical (unpaired) electrons. The number of sulfone groups is 1. The molecule has 3 heterocycles. The Labute approximate surface area is 185 Å². The highest BCUT2D eigenvalue weighted by Gasteiger charge is 2.15. The Morgan fingerprint density at radius 3 is 2.59 bits per heavy atom. The van der Waals surface area contributed by atoms with Gasteiger partial charge in [-0.05, 0) is 36.4 Å². The smallest absolute Gasteiger partial charge is 0.175 e. The fourth-order valence-corrected chi connectivity index (χ4v) is 4.31. The summed E-state index contributed by atoms with van der Waals surface area (Å²) < 4.78 is 29.3. The number of ether oxygens (including phenoxy) is 1. The Kier molecular flexibility index (Phi) is 5.24. The molecule has 2 aromatic heterocycles. The second-order valence-corrected chi connectivity index (χ2v) is 9.61. The van der Waals surface area contributed by atoms with Gasteiger partial charge in [0.05, 0.1) is 24.3 Å². The molecule has 0 unspecified atom stereocenters. The van der Waals surface area contributed by atoms with Crippen molar-refractivity contribution in [1.29, 1.82) is 0 Å². The van der Waals surface area contributed by atoms with Crippen molar-refractivity contribution in [2.45, 2.75) is 4.90 Å². The first kappa shape index (κ1) is 20.4. The molecular formula is C22H22N6O3S. The molecule has 2 N–H and O–H groups in total. The maximum absolute atomic E-state index is 12.0. The van der Waals surface area contributed by atoms with Gasteiger partial charge in [0.2, 0.25) is 0 Å². The van der Waals surface area contributed by atoms with Gasteiger partial charge >= 0.3 is 0 Å². The van der Waals surface area contributed by atoms with Gasteiger partial charge in [0, 0.05) is 36.3 Å². The summed E-state index contributed by atoms with van der Waals surface area (Å²) in [7, 11) is -3.34.